The fourth-order valence-electron chi connectivity index (χ4n) is 1.49. The predicted molar refractivity (Wildman–Crippen MR) is 65.3 cm³/mol. The first-order chi connectivity index (χ1) is 7.66. The van der Waals surface area contributed by atoms with E-state index >= 15 is 0 Å². The van der Waals surface area contributed by atoms with Gasteiger partial charge in [0.05, 0.1) is 17.2 Å². The van der Waals surface area contributed by atoms with Gasteiger partial charge in [0.1, 0.15) is 5.82 Å². The van der Waals surface area contributed by atoms with Crippen molar-refractivity contribution in [2.75, 3.05) is 0 Å². The van der Waals surface area contributed by atoms with Gasteiger partial charge in [-0.1, -0.05) is 0 Å². The Kier molecular flexibility index (Phi) is 3.36. The van der Waals surface area contributed by atoms with E-state index in [0.717, 1.165) is 23.1 Å². The molecule has 0 aliphatic heterocycles. The molecular weight excluding hydrogens is 220 g/mol. The van der Waals surface area contributed by atoms with Crippen molar-refractivity contribution in [3.63, 3.8) is 0 Å². The lowest BCUT2D eigenvalue weighted by Crippen LogP contribution is -2.20. The van der Waals surface area contributed by atoms with Crippen LogP contribution in [-0.2, 0) is 13.6 Å². The minimum absolute atomic E-state index is 0.265. The molecule has 0 aromatic carbocycles. The van der Waals surface area contributed by atoms with Crippen LogP contribution >= 0.6 is 11.3 Å². The molecule has 1 N–H and O–H groups in total. The lowest BCUT2D eigenvalue weighted by Gasteiger charge is -2.11. The molecule has 5 heteroatoms. The maximum Gasteiger partial charge on any atom is 0.122 e. The normalized spacial score (nSPS) is 12.9. The quantitative estimate of drug-likeness (QED) is 0.883. The molecular formula is C11H16N4S. The first kappa shape index (κ1) is 11.3. The molecule has 2 aromatic rings. The zero-order valence-corrected chi connectivity index (χ0v) is 10.6. The Morgan fingerprint density at radius 2 is 2.38 bits per heavy atom. The van der Waals surface area contributed by atoms with Crippen molar-refractivity contribution in [2.45, 2.75) is 26.4 Å². The summed E-state index contributed by atoms with van der Waals surface area (Å²) in [5.74, 6) is 1.04. The summed E-state index contributed by atoms with van der Waals surface area (Å²) in [5, 5.41) is 6.63. The van der Waals surface area contributed by atoms with Gasteiger partial charge in [-0.05, 0) is 13.8 Å². The molecule has 1 unspecified atom stereocenters. The summed E-state index contributed by atoms with van der Waals surface area (Å²) in [6.45, 7) is 4.91. The van der Waals surface area contributed by atoms with E-state index in [2.05, 4.69) is 27.6 Å². The highest BCUT2D eigenvalue weighted by molar-refractivity contribution is 7.09. The second kappa shape index (κ2) is 4.76. The molecule has 0 spiro atoms. The van der Waals surface area contributed by atoms with Gasteiger partial charge in [-0.2, -0.15) is 0 Å². The molecule has 16 heavy (non-hydrogen) atoms. The molecule has 2 aromatic heterocycles. The van der Waals surface area contributed by atoms with Gasteiger partial charge < -0.3 is 9.88 Å². The van der Waals surface area contributed by atoms with Crippen LogP contribution in [0.5, 0.6) is 0 Å². The summed E-state index contributed by atoms with van der Waals surface area (Å²) in [5.41, 5.74) is 1.11. The van der Waals surface area contributed by atoms with Crippen molar-refractivity contribution < 1.29 is 0 Å². The lowest BCUT2D eigenvalue weighted by atomic mass is 10.2. The van der Waals surface area contributed by atoms with Gasteiger partial charge in [0, 0.05) is 30.9 Å². The zero-order valence-electron chi connectivity index (χ0n) is 9.77. The number of thiazole rings is 1. The van der Waals surface area contributed by atoms with Crippen LogP contribution in [0.4, 0.5) is 0 Å². The van der Waals surface area contributed by atoms with Crippen molar-refractivity contribution in [2.24, 2.45) is 7.05 Å². The van der Waals surface area contributed by atoms with Crippen LogP contribution in [0.15, 0.2) is 17.8 Å². The van der Waals surface area contributed by atoms with Crippen LogP contribution in [0.3, 0.4) is 0 Å². The molecule has 4 nitrogen and oxygen atoms in total. The van der Waals surface area contributed by atoms with E-state index in [9.17, 15) is 0 Å². The first-order valence-corrected chi connectivity index (χ1v) is 6.16. The highest BCUT2D eigenvalue weighted by atomic mass is 32.1. The third-order valence-electron chi connectivity index (χ3n) is 2.57. The molecule has 1 atom stereocenters. The number of aromatic nitrogens is 3. The number of hydrogen-bond donors (Lipinski definition) is 1. The summed E-state index contributed by atoms with van der Waals surface area (Å²) in [4.78, 5) is 8.73. The number of imidazole rings is 1. The van der Waals surface area contributed by atoms with Gasteiger partial charge in [0.15, 0.2) is 0 Å². The zero-order chi connectivity index (χ0) is 11.5. The molecule has 0 amide bonds. The number of rotatable bonds is 4. The number of nitrogens with zero attached hydrogens (tertiary/aromatic N) is 3. The fraction of sp³-hybridized carbons (Fsp3) is 0.455. The number of nitrogens with one attached hydrogen (secondary N) is 1. The van der Waals surface area contributed by atoms with Gasteiger partial charge in [-0.25, -0.2) is 9.97 Å². The van der Waals surface area contributed by atoms with Crippen molar-refractivity contribution in [1.29, 1.82) is 0 Å². The van der Waals surface area contributed by atoms with Crippen LogP contribution in [0.25, 0.3) is 0 Å². The average molecular weight is 236 g/mol. The van der Waals surface area contributed by atoms with Crippen molar-refractivity contribution in [1.82, 2.24) is 19.9 Å². The SMILES string of the molecule is Cc1nc(C(C)NCc2nccn2C)cs1. The van der Waals surface area contributed by atoms with Crippen LogP contribution in [0.1, 0.15) is 29.5 Å². The third kappa shape index (κ3) is 2.48. The molecule has 0 saturated carbocycles. The molecule has 0 fully saturated rings. The predicted octanol–water partition coefficient (Wildman–Crippen LogP) is 2.04. The summed E-state index contributed by atoms with van der Waals surface area (Å²) in [6.07, 6.45) is 3.77. The molecule has 0 saturated heterocycles. The Morgan fingerprint density at radius 1 is 1.56 bits per heavy atom. The van der Waals surface area contributed by atoms with Crippen LogP contribution in [0.2, 0.25) is 0 Å². The van der Waals surface area contributed by atoms with Crippen LogP contribution in [-0.4, -0.2) is 14.5 Å². The van der Waals surface area contributed by atoms with Gasteiger partial charge in [0.25, 0.3) is 0 Å². The topological polar surface area (TPSA) is 42.7 Å². The average Bonchev–Trinajstić information content (AvgIpc) is 2.84. The summed E-state index contributed by atoms with van der Waals surface area (Å²) in [7, 11) is 2.00. The number of aryl methyl sites for hydroxylation is 2. The molecule has 0 bridgehead atoms. The van der Waals surface area contributed by atoms with Gasteiger partial charge >= 0.3 is 0 Å². The first-order valence-electron chi connectivity index (χ1n) is 5.28. The third-order valence-corrected chi connectivity index (χ3v) is 3.36. The Bertz CT molecular complexity index is 460. The summed E-state index contributed by atoms with van der Waals surface area (Å²) >= 11 is 1.69. The molecule has 0 aliphatic rings. The van der Waals surface area contributed by atoms with Gasteiger partial charge in [0.2, 0.25) is 0 Å². The minimum atomic E-state index is 0.265. The van der Waals surface area contributed by atoms with E-state index in [-0.39, 0.29) is 6.04 Å². The Morgan fingerprint density at radius 3 is 2.94 bits per heavy atom. The standard InChI is InChI=1S/C11H16N4S/c1-8(10-7-16-9(2)14-10)13-6-11-12-4-5-15(11)3/h4-5,7-8,13H,6H2,1-3H3. The molecule has 0 aliphatic carbocycles. The maximum atomic E-state index is 4.46. The van der Waals surface area contributed by atoms with E-state index in [1.807, 2.05) is 30.9 Å². The monoisotopic (exact) mass is 236 g/mol. The van der Waals surface area contributed by atoms with Gasteiger partial charge in [-0.3, -0.25) is 0 Å². The minimum Gasteiger partial charge on any atom is -0.337 e. The van der Waals surface area contributed by atoms with Crippen molar-refractivity contribution in [3.05, 3.63) is 34.3 Å². The smallest absolute Gasteiger partial charge is 0.122 e. The second-order valence-electron chi connectivity index (χ2n) is 3.85. The Hall–Kier alpha value is -1.20. The van der Waals surface area contributed by atoms with Crippen molar-refractivity contribution in [3.8, 4) is 0 Å². The lowest BCUT2D eigenvalue weighted by molar-refractivity contribution is 0.540. The molecule has 2 rings (SSSR count). The summed E-state index contributed by atoms with van der Waals surface area (Å²) < 4.78 is 2.02. The molecule has 86 valence electrons. The van der Waals surface area contributed by atoms with E-state index < -0.39 is 0 Å². The maximum absolute atomic E-state index is 4.46. The van der Waals surface area contributed by atoms with E-state index in [1.165, 1.54) is 0 Å². The van der Waals surface area contributed by atoms with Gasteiger partial charge in [-0.15, -0.1) is 11.3 Å². The van der Waals surface area contributed by atoms with Crippen molar-refractivity contribution >= 4 is 11.3 Å². The van der Waals surface area contributed by atoms with E-state index in [1.54, 1.807) is 11.3 Å². The fourth-order valence-corrected chi connectivity index (χ4v) is 2.20. The highest BCUT2D eigenvalue weighted by Gasteiger charge is 2.09. The molecule has 2 heterocycles. The van der Waals surface area contributed by atoms with Crippen LogP contribution in [0, 0.1) is 6.92 Å². The second-order valence-corrected chi connectivity index (χ2v) is 4.91. The van der Waals surface area contributed by atoms with E-state index in [4.69, 9.17) is 0 Å². The molecule has 0 radical (unpaired) electrons. The Labute approximate surface area is 99.4 Å². The Balaban J connectivity index is 1.93. The van der Waals surface area contributed by atoms with Crippen LogP contribution < -0.4 is 5.32 Å². The largest absolute Gasteiger partial charge is 0.337 e. The van der Waals surface area contributed by atoms with E-state index in [0.29, 0.717) is 0 Å². The summed E-state index contributed by atoms with van der Waals surface area (Å²) in [6, 6.07) is 0.265. The number of hydrogen-bond acceptors (Lipinski definition) is 4. The highest BCUT2D eigenvalue weighted by Crippen LogP contribution is 2.15.